The molecule has 0 unspecified atom stereocenters. The lowest BCUT2D eigenvalue weighted by molar-refractivity contribution is 0.307. The number of benzene rings is 1. The van der Waals surface area contributed by atoms with E-state index in [4.69, 9.17) is 4.74 Å². The van der Waals surface area contributed by atoms with Gasteiger partial charge in [0.05, 0.1) is 0 Å². The van der Waals surface area contributed by atoms with Crippen LogP contribution in [0.25, 0.3) is 0 Å². The molecule has 0 atom stereocenters. The van der Waals surface area contributed by atoms with Gasteiger partial charge in [-0.25, -0.2) is 4.39 Å². The van der Waals surface area contributed by atoms with E-state index in [0.29, 0.717) is 24.9 Å². The third-order valence-electron chi connectivity index (χ3n) is 3.09. The minimum atomic E-state index is -0.256. The van der Waals surface area contributed by atoms with Gasteiger partial charge in [0.15, 0.2) is 0 Å². The maximum Gasteiger partial charge on any atom is 0.127 e. The first-order valence-electron chi connectivity index (χ1n) is 7.30. The quantitative estimate of drug-likeness (QED) is 0.811. The third-order valence-corrected chi connectivity index (χ3v) is 4.30. The Morgan fingerprint density at radius 3 is 2.62 bits per heavy atom. The summed E-state index contributed by atoms with van der Waals surface area (Å²) in [5.74, 6) is 0.329. The van der Waals surface area contributed by atoms with Gasteiger partial charge in [0, 0.05) is 28.4 Å². The van der Waals surface area contributed by atoms with Crippen LogP contribution in [0.3, 0.4) is 0 Å². The van der Waals surface area contributed by atoms with Crippen molar-refractivity contribution in [3.8, 4) is 5.75 Å². The number of halogens is 1. The van der Waals surface area contributed by atoms with Crippen molar-refractivity contribution in [1.82, 2.24) is 5.32 Å². The predicted molar refractivity (Wildman–Crippen MR) is 86.4 cm³/mol. The summed E-state index contributed by atoms with van der Waals surface area (Å²) >= 11 is 1.74. The summed E-state index contributed by atoms with van der Waals surface area (Å²) in [7, 11) is 0. The van der Waals surface area contributed by atoms with E-state index in [9.17, 15) is 4.39 Å². The van der Waals surface area contributed by atoms with Gasteiger partial charge in [-0.2, -0.15) is 0 Å². The minimum absolute atomic E-state index is 0.256. The van der Waals surface area contributed by atoms with Gasteiger partial charge in [-0.15, -0.1) is 11.3 Å². The van der Waals surface area contributed by atoms with Gasteiger partial charge < -0.3 is 10.1 Å². The van der Waals surface area contributed by atoms with Crippen LogP contribution >= 0.6 is 11.3 Å². The van der Waals surface area contributed by atoms with Crippen LogP contribution in [0.1, 0.15) is 36.1 Å². The van der Waals surface area contributed by atoms with Crippen molar-refractivity contribution in [2.75, 3.05) is 0 Å². The molecule has 0 aliphatic heterocycles. The summed E-state index contributed by atoms with van der Waals surface area (Å²) in [5.41, 5.74) is 0.902. The van der Waals surface area contributed by atoms with Crippen LogP contribution in [0.5, 0.6) is 5.75 Å². The van der Waals surface area contributed by atoms with Crippen molar-refractivity contribution in [1.29, 1.82) is 0 Å². The summed E-state index contributed by atoms with van der Waals surface area (Å²) in [6, 6.07) is 9.44. The van der Waals surface area contributed by atoms with Gasteiger partial charge >= 0.3 is 0 Å². The Bertz CT molecular complexity index is 580. The number of hydrogen-bond acceptors (Lipinski definition) is 3. The molecule has 0 amide bonds. The second-order valence-corrected chi connectivity index (χ2v) is 6.59. The lowest BCUT2D eigenvalue weighted by Crippen LogP contribution is -2.21. The summed E-state index contributed by atoms with van der Waals surface area (Å²) in [4.78, 5) is 2.51. The smallest absolute Gasteiger partial charge is 0.127 e. The molecule has 4 heteroatoms. The molecule has 2 nitrogen and oxygen atoms in total. The highest BCUT2D eigenvalue weighted by molar-refractivity contribution is 7.11. The van der Waals surface area contributed by atoms with Crippen LogP contribution in [0.4, 0.5) is 4.39 Å². The monoisotopic (exact) mass is 307 g/mol. The van der Waals surface area contributed by atoms with Gasteiger partial charge in [-0.3, -0.25) is 0 Å². The van der Waals surface area contributed by atoms with E-state index in [2.05, 4.69) is 38.2 Å². The number of nitrogens with one attached hydrogen (secondary N) is 1. The average Bonchev–Trinajstić information content (AvgIpc) is 2.90. The van der Waals surface area contributed by atoms with E-state index in [1.165, 1.54) is 10.9 Å². The van der Waals surface area contributed by atoms with Crippen molar-refractivity contribution in [2.24, 2.45) is 0 Å². The first-order valence-corrected chi connectivity index (χ1v) is 8.11. The Morgan fingerprint density at radius 2 is 1.95 bits per heavy atom. The second kappa shape index (κ2) is 7.57. The van der Waals surface area contributed by atoms with Gasteiger partial charge in [-0.05, 0) is 36.2 Å². The molecular formula is C17H22FNOS. The Morgan fingerprint density at radius 1 is 1.19 bits per heavy atom. The third kappa shape index (κ3) is 5.14. The van der Waals surface area contributed by atoms with Crippen LogP contribution in [0, 0.1) is 5.82 Å². The fraction of sp³-hybridized carbons (Fsp3) is 0.412. The SMILES string of the molecule is CCc1ccc(COc2cc(F)cc(CNC(C)C)c2)s1. The molecule has 2 rings (SSSR count). The van der Waals surface area contributed by atoms with Crippen molar-refractivity contribution < 1.29 is 9.13 Å². The lowest BCUT2D eigenvalue weighted by Gasteiger charge is -2.10. The topological polar surface area (TPSA) is 21.3 Å². The molecule has 0 aliphatic rings. The molecule has 1 heterocycles. The van der Waals surface area contributed by atoms with E-state index < -0.39 is 0 Å². The van der Waals surface area contributed by atoms with E-state index in [-0.39, 0.29) is 5.82 Å². The molecule has 21 heavy (non-hydrogen) atoms. The zero-order chi connectivity index (χ0) is 15.2. The van der Waals surface area contributed by atoms with E-state index in [1.54, 1.807) is 17.4 Å². The van der Waals surface area contributed by atoms with Gasteiger partial charge in [0.2, 0.25) is 0 Å². The first-order chi connectivity index (χ1) is 10.1. The first kappa shape index (κ1) is 16.0. The van der Waals surface area contributed by atoms with Gasteiger partial charge in [-0.1, -0.05) is 20.8 Å². The van der Waals surface area contributed by atoms with Crippen molar-refractivity contribution >= 4 is 11.3 Å². The maximum atomic E-state index is 13.6. The highest BCUT2D eigenvalue weighted by atomic mass is 32.1. The van der Waals surface area contributed by atoms with Crippen LogP contribution in [-0.4, -0.2) is 6.04 Å². The summed E-state index contributed by atoms with van der Waals surface area (Å²) in [6.45, 7) is 7.41. The molecule has 0 spiro atoms. The van der Waals surface area contributed by atoms with E-state index in [1.807, 2.05) is 6.07 Å². The molecule has 0 aliphatic carbocycles. The van der Waals surface area contributed by atoms with Crippen LogP contribution < -0.4 is 10.1 Å². The van der Waals surface area contributed by atoms with Crippen molar-refractivity contribution in [2.45, 2.75) is 46.4 Å². The number of thiophene rings is 1. The number of rotatable bonds is 7. The maximum absolute atomic E-state index is 13.6. The second-order valence-electron chi connectivity index (χ2n) is 5.34. The van der Waals surface area contributed by atoms with Gasteiger partial charge in [0.1, 0.15) is 18.2 Å². The molecule has 0 fully saturated rings. The summed E-state index contributed by atoms with van der Waals surface area (Å²) < 4.78 is 19.4. The van der Waals surface area contributed by atoms with Crippen LogP contribution in [-0.2, 0) is 19.6 Å². The normalized spacial score (nSPS) is 11.1. The molecule has 0 saturated carbocycles. The Balaban J connectivity index is 1.98. The minimum Gasteiger partial charge on any atom is -0.488 e. The summed E-state index contributed by atoms with van der Waals surface area (Å²) in [5, 5.41) is 3.28. The van der Waals surface area contributed by atoms with Gasteiger partial charge in [0.25, 0.3) is 0 Å². The molecule has 1 aromatic heterocycles. The Hall–Kier alpha value is -1.39. The highest BCUT2D eigenvalue weighted by Crippen LogP contribution is 2.21. The molecule has 1 aromatic carbocycles. The molecule has 0 saturated heterocycles. The number of hydrogen-bond donors (Lipinski definition) is 1. The molecule has 2 aromatic rings. The lowest BCUT2D eigenvalue weighted by atomic mass is 10.2. The largest absolute Gasteiger partial charge is 0.488 e. The van der Waals surface area contributed by atoms with Crippen molar-refractivity contribution in [3.05, 3.63) is 51.5 Å². The van der Waals surface area contributed by atoms with Crippen LogP contribution in [0.15, 0.2) is 30.3 Å². The molecule has 0 radical (unpaired) electrons. The molecule has 0 bridgehead atoms. The number of aryl methyl sites for hydroxylation is 1. The standard InChI is InChI=1S/C17H22FNOS/c1-4-16-5-6-17(21-16)11-20-15-8-13(7-14(18)9-15)10-19-12(2)3/h5-9,12,19H,4,10-11H2,1-3H3. The fourth-order valence-electron chi connectivity index (χ4n) is 1.97. The average molecular weight is 307 g/mol. The zero-order valence-corrected chi connectivity index (χ0v) is 13.6. The molecule has 1 N–H and O–H groups in total. The zero-order valence-electron chi connectivity index (χ0n) is 12.8. The number of ether oxygens (including phenoxy) is 1. The molecule has 114 valence electrons. The highest BCUT2D eigenvalue weighted by Gasteiger charge is 2.05. The van der Waals surface area contributed by atoms with Crippen LogP contribution in [0.2, 0.25) is 0 Å². The molecular weight excluding hydrogens is 285 g/mol. The predicted octanol–water partition coefficient (Wildman–Crippen LogP) is 4.53. The Kier molecular flexibility index (Phi) is 5.76. The van der Waals surface area contributed by atoms with E-state index >= 15 is 0 Å². The van der Waals surface area contributed by atoms with E-state index in [0.717, 1.165) is 16.9 Å². The fourth-order valence-corrected chi connectivity index (χ4v) is 2.84. The Labute approximate surface area is 130 Å². The summed E-state index contributed by atoms with van der Waals surface area (Å²) in [6.07, 6.45) is 1.04. The van der Waals surface area contributed by atoms with Crippen molar-refractivity contribution in [3.63, 3.8) is 0 Å².